The predicted molar refractivity (Wildman–Crippen MR) is 51.3 cm³/mol. The molecule has 13 heavy (non-hydrogen) atoms. The molecule has 0 aliphatic carbocycles. The smallest absolute Gasteiger partial charge is 0.194 e. The fourth-order valence-electron chi connectivity index (χ4n) is 1.49. The fourth-order valence-corrected chi connectivity index (χ4v) is 1.49. The molecule has 3 heteroatoms. The molecule has 0 spiro atoms. The van der Waals surface area contributed by atoms with Gasteiger partial charge in [0.15, 0.2) is 12.4 Å². The molecule has 0 bridgehead atoms. The van der Waals surface area contributed by atoms with Gasteiger partial charge in [0.25, 0.3) is 0 Å². The molecule has 0 N–H and O–H groups in total. The van der Waals surface area contributed by atoms with E-state index in [0.717, 1.165) is 0 Å². The van der Waals surface area contributed by atoms with Crippen LogP contribution in [0.25, 0.3) is 10.9 Å². The second kappa shape index (κ2) is 2.83. The van der Waals surface area contributed by atoms with E-state index in [-0.39, 0.29) is 0 Å². The third kappa shape index (κ3) is 1.30. The van der Waals surface area contributed by atoms with E-state index in [0.29, 0.717) is 6.04 Å². The first-order valence-corrected chi connectivity index (χ1v) is 4.51. The molecule has 0 aliphatic rings. The van der Waals surface area contributed by atoms with E-state index in [1.165, 1.54) is 10.9 Å². The zero-order valence-electron chi connectivity index (χ0n) is 8.23. The van der Waals surface area contributed by atoms with Crippen molar-refractivity contribution in [3.05, 3.63) is 24.7 Å². The standard InChI is InChI=1S/C10H14N3/c1-8(2)13-10-7-12(3)5-4-9(10)6-11-13/h4-8H,1-3H3/q+1. The van der Waals surface area contributed by atoms with Gasteiger partial charge in [0.1, 0.15) is 12.6 Å². The normalized spacial score (nSPS) is 11.4. The minimum Gasteiger partial charge on any atom is -0.256 e. The molecule has 2 aromatic heterocycles. The molecule has 0 aromatic carbocycles. The number of hydrogen-bond acceptors (Lipinski definition) is 1. The SMILES string of the molecule is CC(C)n1ncc2cc[n+](C)cc21. The molecule has 0 fully saturated rings. The van der Waals surface area contributed by atoms with Crippen molar-refractivity contribution in [3.8, 4) is 0 Å². The monoisotopic (exact) mass is 176 g/mol. The Bertz CT molecular complexity index is 429. The summed E-state index contributed by atoms with van der Waals surface area (Å²) in [5.41, 5.74) is 1.19. The van der Waals surface area contributed by atoms with Gasteiger partial charge in [-0.05, 0) is 13.8 Å². The molecule has 0 saturated heterocycles. The van der Waals surface area contributed by atoms with Crippen molar-refractivity contribution in [2.75, 3.05) is 0 Å². The number of fused-ring (bicyclic) bond motifs is 1. The number of aromatic nitrogens is 3. The van der Waals surface area contributed by atoms with Gasteiger partial charge in [0, 0.05) is 17.5 Å². The van der Waals surface area contributed by atoms with Crippen molar-refractivity contribution in [2.45, 2.75) is 19.9 Å². The number of rotatable bonds is 1. The Balaban J connectivity index is 2.71. The molecule has 0 saturated carbocycles. The molecule has 0 amide bonds. The predicted octanol–water partition coefficient (Wildman–Crippen LogP) is 1.44. The van der Waals surface area contributed by atoms with Gasteiger partial charge in [-0.15, -0.1) is 0 Å². The summed E-state index contributed by atoms with van der Waals surface area (Å²) >= 11 is 0. The van der Waals surface area contributed by atoms with E-state index >= 15 is 0 Å². The molecular formula is C10H14N3+. The van der Waals surface area contributed by atoms with Gasteiger partial charge in [0.2, 0.25) is 0 Å². The summed E-state index contributed by atoms with van der Waals surface area (Å²) in [6.45, 7) is 4.28. The van der Waals surface area contributed by atoms with Gasteiger partial charge < -0.3 is 0 Å². The highest BCUT2D eigenvalue weighted by Crippen LogP contribution is 2.14. The number of nitrogens with zero attached hydrogens (tertiary/aromatic N) is 3. The zero-order chi connectivity index (χ0) is 9.42. The maximum atomic E-state index is 4.34. The van der Waals surface area contributed by atoms with Gasteiger partial charge in [-0.1, -0.05) is 0 Å². The highest BCUT2D eigenvalue weighted by molar-refractivity contribution is 5.76. The van der Waals surface area contributed by atoms with Crippen molar-refractivity contribution in [1.82, 2.24) is 9.78 Å². The van der Waals surface area contributed by atoms with Crippen molar-refractivity contribution in [3.63, 3.8) is 0 Å². The van der Waals surface area contributed by atoms with Crippen LogP contribution in [0.1, 0.15) is 19.9 Å². The van der Waals surface area contributed by atoms with E-state index in [4.69, 9.17) is 0 Å². The van der Waals surface area contributed by atoms with Crippen LogP contribution in [0, 0.1) is 0 Å². The minimum atomic E-state index is 0.417. The second-order valence-electron chi connectivity index (χ2n) is 3.63. The lowest BCUT2D eigenvalue weighted by molar-refractivity contribution is -0.670. The van der Waals surface area contributed by atoms with Gasteiger partial charge in [-0.2, -0.15) is 5.10 Å². The van der Waals surface area contributed by atoms with Crippen LogP contribution in [-0.4, -0.2) is 9.78 Å². The van der Waals surface area contributed by atoms with Gasteiger partial charge in [-0.25, -0.2) is 4.57 Å². The minimum absolute atomic E-state index is 0.417. The van der Waals surface area contributed by atoms with Crippen molar-refractivity contribution in [2.24, 2.45) is 7.05 Å². The first-order chi connectivity index (χ1) is 6.18. The molecule has 0 unspecified atom stereocenters. The first-order valence-electron chi connectivity index (χ1n) is 4.51. The molecule has 0 aliphatic heterocycles. The summed E-state index contributed by atoms with van der Waals surface area (Å²) in [5.74, 6) is 0. The molecule has 0 radical (unpaired) electrons. The van der Waals surface area contributed by atoms with E-state index in [9.17, 15) is 0 Å². The number of pyridine rings is 1. The highest BCUT2D eigenvalue weighted by Gasteiger charge is 2.08. The van der Waals surface area contributed by atoms with E-state index in [1.807, 2.05) is 28.7 Å². The third-order valence-corrected chi connectivity index (χ3v) is 2.17. The van der Waals surface area contributed by atoms with Crippen LogP contribution in [-0.2, 0) is 7.05 Å². The van der Waals surface area contributed by atoms with E-state index < -0.39 is 0 Å². The summed E-state index contributed by atoms with van der Waals surface area (Å²) < 4.78 is 4.08. The van der Waals surface area contributed by atoms with Crippen molar-refractivity contribution >= 4 is 10.9 Å². The Kier molecular flexibility index (Phi) is 1.79. The molecule has 68 valence electrons. The lowest BCUT2D eigenvalue weighted by atomic mass is 10.3. The Hall–Kier alpha value is -1.38. The van der Waals surface area contributed by atoms with Crippen LogP contribution in [0.4, 0.5) is 0 Å². The molecule has 2 aromatic rings. The van der Waals surface area contributed by atoms with E-state index in [1.54, 1.807) is 0 Å². The molecular weight excluding hydrogens is 162 g/mol. The van der Waals surface area contributed by atoms with Crippen LogP contribution in [0.3, 0.4) is 0 Å². The van der Waals surface area contributed by atoms with Gasteiger partial charge in [0.05, 0.1) is 6.20 Å². The summed E-state index contributed by atoms with van der Waals surface area (Å²) in [5, 5.41) is 5.54. The summed E-state index contributed by atoms with van der Waals surface area (Å²) in [7, 11) is 2.02. The van der Waals surface area contributed by atoms with Crippen LogP contribution in [0.5, 0.6) is 0 Å². The quantitative estimate of drug-likeness (QED) is 0.602. The van der Waals surface area contributed by atoms with Gasteiger partial charge >= 0.3 is 0 Å². The van der Waals surface area contributed by atoms with Crippen LogP contribution in [0.15, 0.2) is 24.7 Å². The maximum Gasteiger partial charge on any atom is 0.194 e. The van der Waals surface area contributed by atoms with Crippen LogP contribution >= 0.6 is 0 Å². The molecule has 2 heterocycles. The van der Waals surface area contributed by atoms with Gasteiger partial charge in [-0.3, -0.25) is 4.68 Å². The topological polar surface area (TPSA) is 21.7 Å². The van der Waals surface area contributed by atoms with Crippen LogP contribution < -0.4 is 4.57 Å². The molecule has 0 atom stereocenters. The maximum absolute atomic E-state index is 4.34. The first kappa shape index (κ1) is 8.23. The number of aryl methyl sites for hydroxylation is 1. The Labute approximate surface area is 77.6 Å². The Morgan fingerprint density at radius 2 is 2.23 bits per heavy atom. The largest absolute Gasteiger partial charge is 0.256 e. The van der Waals surface area contributed by atoms with Crippen molar-refractivity contribution < 1.29 is 4.57 Å². The average molecular weight is 176 g/mol. The summed E-state index contributed by atoms with van der Waals surface area (Å²) in [4.78, 5) is 0. The third-order valence-electron chi connectivity index (χ3n) is 2.17. The zero-order valence-corrected chi connectivity index (χ0v) is 8.23. The summed E-state index contributed by atoms with van der Waals surface area (Å²) in [6, 6.07) is 2.50. The lowest BCUT2D eigenvalue weighted by Gasteiger charge is -2.04. The summed E-state index contributed by atoms with van der Waals surface area (Å²) in [6.07, 6.45) is 6.05. The average Bonchev–Trinajstić information content (AvgIpc) is 2.46. The second-order valence-corrected chi connectivity index (χ2v) is 3.63. The van der Waals surface area contributed by atoms with E-state index in [2.05, 4.69) is 31.2 Å². The Morgan fingerprint density at radius 1 is 1.46 bits per heavy atom. The van der Waals surface area contributed by atoms with Crippen LogP contribution in [0.2, 0.25) is 0 Å². The molecule has 2 rings (SSSR count). The molecule has 3 nitrogen and oxygen atoms in total. The Morgan fingerprint density at radius 3 is 2.92 bits per heavy atom. The number of hydrogen-bond donors (Lipinski definition) is 0. The fraction of sp³-hybridized carbons (Fsp3) is 0.400. The lowest BCUT2D eigenvalue weighted by Crippen LogP contribution is -2.26. The van der Waals surface area contributed by atoms with Crippen molar-refractivity contribution in [1.29, 1.82) is 0 Å². The highest BCUT2D eigenvalue weighted by atomic mass is 15.3.